The first-order chi connectivity index (χ1) is 5.97. The quantitative estimate of drug-likeness (QED) is 0.617. The minimum absolute atomic E-state index is 0.0533. The predicted molar refractivity (Wildman–Crippen MR) is 54.4 cm³/mol. The topological polar surface area (TPSA) is 26.3 Å². The molecule has 0 aliphatic carbocycles. The first kappa shape index (κ1) is 12.5. The number of methoxy groups -OCH3 is 1. The molecule has 0 amide bonds. The molecule has 0 bridgehead atoms. The van der Waals surface area contributed by atoms with Gasteiger partial charge in [-0.15, -0.1) is 0 Å². The molecule has 0 aromatic rings. The van der Waals surface area contributed by atoms with Gasteiger partial charge in [0.05, 0.1) is 13.0 Å². The smallest absolute Gasteiger partial charge is 0.308 e. The second-order valence-corrected chi connectivity index (χ2v) is 4.48. The van der Waals surface area contributed by atoms with Crippen LogP contribution in [0.25, 0.3) is 0 Å². The van der Waals surface area contributed by atoms with Crippen molar-refractivity contribution < 1.29 is 9.53 Å². The molecule has 2 heteroatoms. The Morgan fingerprint density at radius 3 is 1.69 bits per heavy atom. The van der Waals surface area contributed by atoms with Crippen LogP contribution in [-0.4, -0.2) is 13.1 Å². The fourth-order valence-corrected chi connectivity index (χ4v) is 1.59. The molecule has 0 spiro atoms. The molecule has 0 aliphatic rings. The summed E-state index contributed by atoms with van der Waals surface area (Å²) in [6.07, 6.45) is 1.87. The number of rotatable bonds is 5. The van der Waals surface area contributed by atoms with Gasteiger partial charge in [-0.1, -0.05) is 27.7 Å². The van der Waals surface area contributed by atoms with Gasteiger partial charge in [0.25, 0.3) is 0 Å². The predicted octanol–water partition coefficient (Wildman–Crippen LogP) is 2.87. The van der Waals surface area contributed by atoms with E-state index in [2.05, 4.69) is 27.7 Å². The minimum Gasteiger partial charge on any atom is -0.469 e. The van der Waals surface area contributed by atoms with Gasteiger partial charge in [0.1, 0.15) is 0 Å². The summed E-state index contributed by atoms with van der Waals surface area (Å²) in [5, 5.41) is 0. The Kier molecular flexibility index (Phi) is 5.76. The fraction of sp³-hybridized carbons (Fsp3) is 0.909. The van der Waals surface area contributed by atoms with E-state index in [0.29, 0.717) is 11.8 Å². The molecule has 13 heavy (non-hydrogen) atoms. The van der Waals surface area contributed by atoms with Crippen LogP contribution in [0, 0.1) is 17.8 Å². The van der Waals surface area contributed by atoms with E-state index < -0.39 is 0 Å². The lowest BCUT2D eigenvalue weighted by atomic mass is 9.89. The summed E-state index contributed by atoms with van der Waals surface area (Å²) >= 11 is 0. The maximum Gasteiger partial charge on any atom is 0.308 e. The van der Waals surface area contributed by atoms with Crippen molar-refractivity contribution in [3.05, 3.63) is 0 Å². The molecule has 0 rings (SSSR count). The van der Waals surface area contributed by atoms with Crippen molar-refractivity contribution in [3.63, 3.8) is 0 Å². The highest BCUT2D eigenvalue weighted by Gasteiger charge is 2.21. The summed E-state index contributed by atoms with van der Waals surface area (Å²) in [7, 11) is 1.47. The number of hydrogen-bond acceptors (Lipinski definition) is 2. The summed E-state index contributed by atoms with van der Waals surface area (Å²) in [5.41, 5.74) is 0. The molecule has 0 aliphatic heterocycles. The highest BCUT2D eigenvalue weighted by molar-refractivity contribution is 5.72. The molecular formula is C11H22O2. The van der Waals surface area contributed by atoms with Gasteiger partial charge in [0, 0.05) is 0 Å². The van der Waals surface area contributed by atoms with Crippen LogP contribution in [0.4, 0.5) is 0 Å². The number of ether oxygens (including phenoxy) is 1. The van der Waals surface area contributed by atoms with Crippen LogP contribution >= 0.6 is 0 Å². The van der Waals surface area contributed by atoms with Crippen LogP contribution in [0.5, 0.6) is 0 Å². The molecule has 0 saturated carbocycles. The zero-order valence-electron chi connectivity index (χ0n) is 9.46. The van der Waals surface area contributed by atoms with Gasteiger partial charge in [0.15, 0.2) is 0 Å². The summed E-state index contributed by atoms with van der Waals surface area (Å²) in [6.45, 7) is 8.54. The van der Waals surface area contributed by atoms with Crippen LogP contribution in [0.2, 0.25) is 0 Å². The van der Waals surface area contributed by atoms with Gasteiger partial charge in [-0.05, 0) is 24.7 Å². The molecule has 0 radical (unpaired) electrons. The van der Waals surface area contributed by atoms with Crippen LogP contribution in [0.3, 0.4) is 0 Å². The monoisotopic (exact) mass is 186 g/mol. The Bertz CT molecular complexity index is 140. The molecule has 0 unspecified atom stereocenters. The second kappa shape index (κ2) is 6.01. The van der Waals surface area contributed by atoms with Crippen molar-refractivity contribution in [2.45, 2.75) is 40.5 Å². The van der Waals surface area contributed by atoms with E-state index in [0.717, 1.165) is 12.8 Å². The van der Waals surface area contributed by atoms with Crippen LogP contribution in [0.1, 0.15) is 40.5 Å². The van der Waals surface area contributed by atoms with Crippen molar-refractivity contribution in [2.24, 2.45) is 17.8 Å². The van der Waals surface area contributed by atoms with Crippen molar-refractivity contribution in [1.29, 1.82) is 0 Å². The summed E-state index contributed by atoms with van der Waals surface area (Å²) in [6, 6.07) is 0. The Hall–Kier alpha value is -0.530. The summed E-state index contributed by atoms with van der Waals surface area (Å²) in [5.74, 6) is 1.15. The van der Waals surface area contributed by atoms with Gasteiger partial charge in [0.2, 0.25) is 0 Å². The van der Waals surface area contributed by atoms with Gasteiger partial charge in [-0.2, -0.15) is 0 Å². The third kappa shape index (κ3) is 5.67. The van der Waals surface area contributed by atoms with Gasteiger partial charge < -0.3 is 4.74 Å². The lowest BCUT2D eigenvalue weighted by Crippen LogP contribution is -2.20. The van der Waals surface area contributed by atoms with Crippen molar-refractivity contribution in [1.82, 2.24) is 0 Å². The van der Waals surface area contributed by atoms with Crippen molar-refractivity contribution in [2.75, 3.05) is 7.11 Å². The Morgan fingerprint density at radius 1 is 1.08 bits per heavy atom. The lowest BCUT2D eigenvalue weighted by molar-refractivity contribution is -0.146. The van der Waals surface area contributed by atoms with Crippen LogP contribution in [0.15, 0.2) is 0 Å². The fourth-order valence-electron chi connectivity index (χ4n) is 1.59. The molecule has 0 N–H and O–H groups in total. The highest BCUT2D eigenvalue weighted by Crippen LogP contribution is 2.20. The third-order valence-corrected chi connectivity index (χ3v) is 2.05. The SMILES string of the molecule is COC(=O)C(CC(C)C)CC(C)C. The highest BCUT2D eigenvalue weighted by atomic mass is 16.5. The summed E-state index contributed by atoms with van der Waals surface area (Å²) in [4.78, 5) is 11.4. The van der Waals surface area contributed by atoms with Crippen LogP contribution in [-0.2, 0) is 9.53 Å². The average Bonchev–Trinajstić information content (AvgIpc) is 2.00. The summed E-state index contributed by atoms with van der Waals surface area (Å²) < 4.78 is 4.78. The minimum atomic E-state index is -0.0533. The molecule has 0 heterocycles. The number of hydrogen-bond donors (Lipinski definition) is 0. The standard InChI is InChI=1S/C11H22O2/c1-8(2)6-10(7-9(3)4)11(12)13-5/h8-10H,6-7H2,1-5H3. The number of carbonyl (C=O) groups excluding carboxylic acids is 1. The second-order valence-electron chi connectivity index (χ2n) is 4.48. The average molecular weight is 186 g/mol. The van der Waals surface area contributed by atoms with E-state index in [1.807, 2.05) is 0 Å². The number of carbonyl (C=O) groups is 1. The molecular weight excluding hydrogens is 164 g/mol. The molecule has 78 valence electrons. The zero-order valence-corrected chi connectivity index (χ0v) is 9.46. The van der Waals surface area contributed by atoms with E-state index in [1.165, 1.54) is 7.11 Å². The lowest BCUT2D eigenvalue weighted by Gasteiger charge is -2.18. The van der Waals surface area contributed by atoms with Crippen LogP contribution < -0.4 is 0 Å². The molecule has 2 nitrogen and oxygen atoms in total. The first-order valence-electron chi connectivity index (χ1n) is 5.05. The third-order valence-electron chi connectivity index (χ3n) is 2.05. The van der Waals surface area contributed by atoms with Gasteiger partial charge >= 0.3 is 5.97 Å². The van der Waals surface area contributed by atoms with Gasteiger partial charge in [-0.3, -0.25) is 4.79 Å². The Balaban J connectivity index is 4.10. The van der Waals surface area contributed by atoms with E-state index in [9.17, 15) is 4.79 Å². The molecule has 0 saturated heterocycles. The molecule has 0 aromatic heterocycles. The zero-order chi connectivity index (χ0) is 10.4. The van der Waals surface area contributed by atoms with E-state index in [1.54, 1.807) is 0 Å². The van der Waals surface area contributed by atoms with Crippen molar-refractivity contribution in [3.8, 4) is 0 Å². The van der Waals surface area contributed by atoms with E-state index in [-0.39, 0.29) is 11.9 Å². The first-order valence-corrected chi connectivity index (χ1v) is 5.05. The van der Waals surface area contributed by atoms with E-state index in [4.69, 9.17) is 4.74 Å². The maximum atomic E-state index is 11.4. The van der Waals surface area contributed by atoms with Gasteiger partial charge in [-0.25, -0.2) is 0 Å². The van der Waals surface area contributed by atoms with E-state index >= 15 is 0 Å². The Labute approximate surface area is 81.7 Å². The Morgan fingerprint density at radius 2 is 1.46 bits per heavy atom. The normalized spacial score (nSPS) is 11.4. The molecule has 0 fully saturated rings. The number of esters is 1. The van der Waals surface area contributed by atoms with Crippen molar-refractivity contribution >= 4 is 5.97 Å². The molecule has 0 atom stereocenters. The largest absolute Gasteiger partial charge is 0.469 e. The molecule has 0 aromatic carbocycles. The maximum absolute atomic E-state index is 11.4.